The molecule has 0 radical (unpaired) electrons. The Hall–Kier alpha value is -1.31. The SMILES string of the molecule is Cc1ccc(S(=O)(=O)OCCOCCN=N)cc1. The lowest BCUT2D eigenvalue weighted by molar-refractivity contribution is 0.107. The lowest BCUT2D eigenvalue weighted by Gasteiger charge is -2.06. The molecule has 0 aromatic heterocycles. The first-order chi connectivity index (χ1) is 8.56. The maximum atomic E-state index is 11.7. The van der Waals surface area contributed by atoms with Gasteiger partial charge in [0, 0.05) is 0 Å². The van der Waals surface area contributed by atoms with Gasteiger partial charge in [-0.15, -0.1) is 0 Å². The van der Waals surface area contributed by atoms with Gasteiger partial charge in [0.2, 0.25) is 0 Å². The highest BCUT2D eigenvalue weighted by molar-refractivity contribution is 7.86. The van der Waals surface area contributed by atoms with Crippen LogP contribution in [0.5, 0.6) is 0 Å². The highest BCUT2D eigenvalue weighted by Crippen LogP contribution is 2.12. The van der Waals surface area contributed by atoms with Crippen LogP contribution in [0.1, 0.15) is 5.56 Å². The molecule has 0 aliphatic heterocycles. The molecule has 1 aromatic rings. The summed E-state index contributed by atoms with van der Waals surface area (Å²) in [6.45, 7) is 2.54. The van der Waals surface area contributed by atoms with E-state index in [4.69, 9.17) is 14.5 Å². The first-order valence-electron chi connectivity index (χ1n) is 5.43. The molecule has 0 bridgehead atoms. The highest BCUT2D eigenvalue weighted by Gasteiger charge is 2.14. The fraction of sp³-hybridized carbons (Fsp3) is 0.455. The van der Waals surface area contributed by atoms with Gasteiger partial charge >= 0.3 is 0 Å². The van der Waals surface area contributed by atoms with Crippen molar-refractivity contribution in [3.05, 3.63) is 29.8 Å². The van der Waals surface area contributed by atoms with Crippen molar-refractivity contribution in [2.75, 3.05) is 26.4 Å². The number of rotatable bonds is 8. The molecule has 0 aliphatic rings. The number of benzene rings is 1. The van der Waals surface area contributed by atoms with E-state index < -0.39 is 10.1 Å². The van der Waals surface area contributed by atoms with Crippen molar-refractivity contribution in [2.45, 2.75) is 11.8 Å². The number of hydrogen-bond acceptors (Lipinski definition) is 6. The van der Waals surface area contributed by atoms with Crippen molar-refractivity contribution in [1.82, 2.24) is 0 Å². The molecule has 0 saturated carbocycles. The normalized spacial score (nSPS) is 11.4. The van der Waals surface area contributed by atoms with Gasteiger partial charge in [-0.25, -0.2) is 5.53 Å². The fourth-order valence-corrected chi connectivity index (χ4v) is 2.08. The van der Waals surface area contributed by atoms with Gasteiger partial charge < -0.3 is 4.74 Å². The molecular weight excluding hydrogens is 256 g/mol. The third-order valence-electron chi connectivity index (χ3n) is 2.12. The van der Waals surface area contributed by atoms with Crippen LogP contribution in [0, 0.1) is 12.5 Å². The Morgan fingerprint density at radius 3 is 2.44 bits per heavy atom. The second-order valence-electron chi connectivity index (χ2n) is 3.58. The number of ether oxygens (including phenoxy) is 1. The predicted octanol–water partition coefficient (Wildman–Crippen LogP) is 1.75. The molecule has 6 nitrogen and oxygen atoms in total. The topological polar surface area (TPSA) is 88.8 Å². The Balaban J connectivity index is 2.40. The average Bonchev–Trinajstić information content (AvgIpc) is 2.34. The molecular formula is C11H16N2O4S. The van der Waals surface area contributed by atoms with Crippen LogP contribution in [-0.4, -0.2) is 34.8 Å². The van der Waals surface area contributed by atoms with Crippen LogP contribution >= 0.6 is 0 Å². The van der Waals surface area contributed by atoms with Crippen molar-refractivity contribution in [3.8, 4) is 0 Å². The Morgan fingerprint density at radius 1 is 1.17 bits per heavy atom. The van der Waals surface area contributed by atoms with Crippen LogP contribution in [0.2, 0.25) is 0 Å². The standard InChI is InChI=1S/C11H16N2O4S/c1-10-2-4-11(5-3-10)18(14,15)17-9-8-16-7-6-13-12/h2-5,12H,6-9H2,1H3. The summed E-state index contributed by atoms with van der Waals surface area (Å²) in [5.41, 5.74) is 7.51. The Kier molecular flexibility index (Phi) is 5.90. The van der Waals surface area contributed by atoms with Gasteiger partial charge in [-0.05, 0) is 19.1 Å². The van der Waals surface area contributed by atoms with Gasteiger partial charge in [0.15, 0.2) is 0 Å². The monoisotopic (exact) mass is 272 g/mol. The van der Waals surface area contributed by atoms with Crippen LogP contribution in [0.3, 0.4) is 0 Å². The molecule has 7 heteroatoms. The molecule has 1 N–H and O–H groups in total. The van der Waals surface area contributed by atoms with Crippen molar-refractivity contribution < 1.29 is 17.3 Å². The van der Waals surface area contributed by atoms with Gasteiger partial charge in [-0.1, -0.05) is 17.7 Å². The third-order valence-corrected chi connectivity index (χ3v) is 3.45. The molecule has 0 unspecified atom stereocenters. The molecule has 18 heavy (non-hydrogen) atoms. The summed E-state index contributed by atoms with van der Waals surface area (Å²) in [6, 6.07) is 6.43. The summed E-state index contributed by atoms with van der Waals surface area (Å²) in [7, 11) is -3.71. The maximum absolute atomic E-state index is 11.7. The van der Waals surface area contributed by atoms with E-state index in [2.05, 4.69) is 5.11 Å². The van der Waals surface area contributed by atoms with Gasteiger partial charge in [-0.3, -0.25) is 4.18 Å². The van der Waals surface area contributed by atoms with Crippen molar-refractivity contribution in [1.29, 1.82) is 5.53 Å². The van der Waals surface area contributed by atoms with Crippen LogP contribution < -0.4 is 0 Å². The first kappa shape index (κ1) is 14.7. The van der Waals surface area contributed by atoms with Crippen molar-refractivity contribution in [2.24, 2.45) is 5.11 Å². The summed E-state index contributed by atoms with van der Waals surface area (Å²) >= 11 is 0. The lowest BCUT2D eigenvalue weighted by atomic mass is 10.2. The minimum atomic E-state index is -3.71. The van der Waals surface area contributed by atoms with E-state index in [1.807, 2.05) is 6.92 Å². The summed E-state index contributed by atoms with van der Waals surface area (Å²) in [5, 5.41) is 3.10. The molecule has 0 fully saturated rings. The number of nitrogens with zero attached hydrogens (tertiary/aromatic N) is 1. The largest absolute Gasteiger partial charge is 0.377 e. The van der Waals surface area contributed by atoms with Gasteiger partial charge in [-0.2, -0.15) is 13.5 Å². The molecule has 0 atom stereocenters. The highest BCUT2D eigenvalue weighted by atomic mass is 32.2. The lowest BCUT2D eigenvalue weighted by Crippen LogP contribution is -2.12. The number of nitrogens with one attached hydrogen (secondary N) is 1. The molecule has 1 rings (SSSR count). The number of hydrogen-bond donors (Lipinski definition) is 1. The quantitative estimate of drug-likeness (QED) is 0.443. The summed E-state index contributed by atoms with van der Waals surface area (Å²) in [5.74, 6) is 0. The van der Waals surface area contributed by atoms with E-state index in [0.29, 0.717) is 0 Å². The Labute approximate surface area is 107 Å². The van der Waals surface area contributed by atoms with E-state index in [-0.39, 0.29) is 31.3 Å². The minimum Gasteiger partial charge on any atom is -0.377 e. The van der Waals surface area contributed by atoms with Crippen LogP contribution in [-0.2, 0) is 19.0 Å². The average molecular weight is 272 g/mol. The second-order valence-corrected chi connectivity index (χ2v) is 5.20. The summed E-state index contributed by atoms with van der Waals surface area (Å²) in [4.78, 5) is 0.134. The molecule has 100 valence electrons. The Morgan fingerprint density at radius 2 is 1.83 bits per heavy atom. The van der Waals surface area contributed by atoms with Crippen molar-refractivity contribution >= 4 is 10.1 Å². The fourth-order valence-electron chi connectivity index (χ4n) is 1.19. The van der Waals surface area contributed by atoms with Crippen LogP contribution in [0.15, 0.2) is 34.3 Å². The molecule has 1 aromatic carbocycles. The second kappa shape index (κ2) is 7.20. The summed E-state index contributed by atoms with van der Waals surface area (Å²) < 4.78 is 33.2. The van der Waals surface area contributed by atoms with Crippen LogP contribution in [0.4, 0.5) is 0 Å². The van der Waals surface area contributed by atoms with E-state index in [0.717, 1.165) is 5.56 Å². The predicted molar refractivity (Wildman–Crippen MR) is 65.2 cm³/mol. The van der Waals surface area contributed by atoms with Crippen molar-refractivity contribution in [3.63, 3.8) is 0 Å². The zero-order valence-corrected chi connectivity index (χ0v) is 10.9. The van der Waals surface area contributed by atoms with Gasteiger partial charge in [0.1, 0.15) is 0 Å². The van der Waals surface area contributed by atoms with E-state index in [9.17, 15) is 8.42 Å². The molecule has 0 heterocycles. The summed E-state index contributed by atoms with van der Waals surface area (Å²) in [6.07, 6.45) is 0. The van der Waals surface area contributed by atoms with E-state index >= 15 is 0 Å². The molecule has 0 aliphatic carbocycles. The van der Waals surface area contributed by atoms with Crippen LogP contribution in [0.25, 0.3) is 0 Å². The number of aryl methyl sites for hydroxylation is 1. The molecule has 0 spiro atoms. The molecule has 0 amide bonds. The smallest absolute Gasteiger partial charge is 0.297 e. The maximum Gasteiger partial charge on any atom is 0.297 e. The van der Waals surface area contributed by atoms with E-state index in [1.54, 1.807) is 12.1 Å². The van der Waals surface area contributed by atoms with E-state index in [1.165, 1.54) is 12.1 Å². The first-order valence-corrected chi connectivity index (χ1v) is 6.84. The minimum absolute atomic E-state index is 0.0474. The third kappa shape index (κ3) is 4.91. The van der Waals surface area contributed by atoms with Gasteiger partial charge in [0.25, 0.3) is 10.1 Å². The zero-order valence-electron chi connectivity index (χ0n) is 10.1. The Bertz CT molecular complexity index is 470. The van der Waals surface area contributed by atoms with Gasteiger partial charge in [0.05, 0.1) is 31.3 Å². The molecule has 0 saturated heterocycles. The zero-order chi connectivity index (χ0) is 13.4.